The van der Waals surface area contributed by atoms with Crippen LogP contribution in [0.3, 0.4) is 0 Å². The van der Waals surface area contributed by atoms with E-state index in [1.807, 2.05) is 29.6 Å². The molecule has 2 N–H and O–H groups in total. The zero-order chi connectivity index (χ0) is 19.5. The van der Waals surface area contributed by atoms with Crippen LogP contribution in [-0.4, -0.2) is 30.1 Å². The Balaban J connectivity index is 1.54. The van der Waals surface area contributed by atoms with Crippen molar-refractivity contribution in [3.05, 3.63) is 82.0 Å². The fourth-order valence-electron chi connectivity index (χ4n) is 3.64. The number of benzene rings is 2. The summed E-state index contributed by atoms with van der Waals surface area (Å²) in [6.07, 6.45) is 0.986. The molecule has 1 aliphatic rings. The van der Waals surface area contributed by atoms with Crippen LogP contribution >= 0.6 is 11.3 Å². The summed E-state index contributed by atoms with van der Waals surface area (Å²) in [6, 6.07) is 19.0. The molecule has 1 fully saturated rings. The molecule has 28 heavy (non-hydrogen) atoms. The average Bonchev–Trinajstić information content (AvgIpc) is 3.41. The lowest BCUT2D eigenvalue weighted by Gasteiger charge is -2.21. The maximum Gasteiger partial charge on any atom is 0.337 e. The van der Waals surface area contributed by atoms with E-state index in [-0.39, 0.29) is 11.5 Å². The van der Waals surface area contributed by atoms with E-state index in [4.69, 9.17) is 0 Å². The minimum atomic E-state index is -0.995. The number of anilines is 2. The first-order valence-electron chi connectivity index (χ1n) is 9.14. The molecule has 0 saturated carbocycles. The summed E-state index contributed by atoms with van der Waals surface area (Å²) in [7, 11) is 0. The largest absolute Gasteiger partial charge is 0.478 e. The molecule has 2 aromatic carbocycles. The standard InChI is InChI=1S/C22H20N2O3S/c25-21(20-7-4-12-28-20)23-17-8-9-19(18(13-17)22(26)27)24-11-10-16(14-24)15-5-2-1-3-6-15/h1-9,12-13,16H,10-11,14H2,(H,23,25)(H,26,27)/t16-/m1/s1. The minimum absolute atomic E-state index is 0.206. The highest BCUT2D eigenvalue weighted by molar-refractivity contribution is 7.12. The number of nitrogens with zero attached hydrogens (tertiary/aromatic N) is 1. The summed E-state index contributed by atoms with van der Waals surface area (Å²) in [5, 5.41) is 14.3. The van der Waals surface area contributed by atoms with Crippen LogP contribution in [0, 0.1) is 0 Å². The normalized spacial score (nSPS) is 16.1. The molecule has 1 atom stereocenters. The summed E-state index contributed by atoms with van der Waals surface area (Å²) in [5.41, 5.74) is 2.66. The van der Waals surface area contributed by atoms with Gasteiger partial charge in [-0.25, -0.2) is 4.79 Å². The molecule has 5 nitrogen and oxygen atoms in total. The van der Waals surface area contributed by atoms with Crippen molar-refractivity contribution < 1.29 is 14.7 Å². The third-order valence-electron chi connectivity index (χ3n) is 5.03. The first-order chi connectivity index (χ1) is 13.6. The highest BCUT2D eigenvalue weighted by Gasteiger charge is 2.27. The number of carbonyl (C=O) groups is 2. The Bertz CT molecular complexity index is 986. The second-order valence-electron chi connectivity index (χ2n) is 6.81. The van der Waals surface area contributed by atoms with Crippen molar-refractivity contribution in [1.29, 1.82) is 0 Å². The number of thiophene rings is 1. The lowest BCUT2D eigenvalue weighted by molar-refractivity contribution is 0.0697. The summed E-state index contributed by atoms with van der Waals surface area (Å²) >= 11 is 1.35. The molecule has 0 unspecified atom stereocenters. The van der Waals surface area contributed by atoms with Crippen molar-refractivity contribution >= 4 is 34.6 Å². The van der Waals surface area contributed by atoms with Gasteiger partial charge in [0.15, 0.2) is 0 Å². The van der Waals surface area contributed by atoms with Crippen LogP contribution in [0.5, 0.6) is 0 Å². The van der Waals surface area contributed by atoms with Crippen LogP contribution in [0.4, 0.5) is 11.4 Å². The van der Waals surface area contributed by atoms with Crippen molar-refractivity contribution in [2.45, 2.75) is 12.3 Å². The average molecular weight is 392 g/mol. The van der Waals surface area contributed by atoms with E-state index in [0.717, 1.165) is 19.5 Å². The Morgan fingerprint density at radius 3 is 2.61 bits per heavy atom. The van der Waals surface area contributed by atoms with Gasteiger partial charge in [0.05, 0.1) is 16.1 Å². The van der Waals surface area contributed by atoms with E-state index in [2.05, 4.69) is 22.3 Å². The van der Waals surface area contributed by atoms with Crippen LogP contribution in [0.1, 0.15) is 37.9 Å². The molecule has 142 valence electrons. The van der Waals surface area contributed by atoms with Gasteiger partial charge in [-0.2, -0.15) is 0 Å². The Morgan fingerprint density at radius 2 is 1.89 bits per heavy atom. The fraction of sp³-hybridized carbons (Fsp3) is 0.182. The molecule has 2 heterocycles. The minimum Gasteiger partial charge on any atom is -0.478 e. The highest BCUT2D eigenvalue weighted by Crippen LogP contribution is 2.33. The highest BCUT2D eigenvalue weighted by atomic mass is 32.1. The number of aromatic carboxylic acids is 1. The number of hydrogen-bond acceptors (Lipinski definition) is 4. The van der Waals surface area contributed by atoms with Gasteiger partial charge >= 0.3 is 5.97 Å². The summed E-state index contributed by atoms with van der Waals surface area (Å²) in [5.74, 6) is -0.837. The van der Waals surface area contributed by atoms with Gasteiger partial charge in [0.25, 0.3) is 5.91 Å². The van der Waals surface area contributed by atoms with Crippen molar-refractivity contribution in [1.82, 2.24) is 0 Å². The zero-order valence-electron chi connectivity index (χ0n) is 15.2. The van der Waals surface area contributed by atoms with E-state index in [1.165, 1.54) is 16.9 Å². The van der Waals surface area contributed by atoms with Crippen molar-refractivity contribution in [2.75, 3.05) is 23.3 Å². The van der Waals surface area contributed by atoms with Gasteiger partial charge in [0.2, 0.25) is 0 Å². The number of carboxylic acid groups (broad SMARTS) is 1. The van der Waals surface area contributed by atoms with E-state index < -0.39 is 5.97 Å². The molecular weight excluding hydrogens is 372 g/mol. The van der Waals surface area contributed by atoms with Crippen LogP contribution in [0.25, 0.3) is 0 Å². The van der Waals surface area contributed by atoms with Gasteiger partial charge in [-0.3, -0.25) is 4.79 Å². The number of nitrogens with one attached hydrogen (secondary N) is 1. The Kier molecular flexibility index (Phi) is 5.12. The third-order valence-corrected chi connectivity index (χ3v) is 5.90. The predicted octanol–water partition coefficient (Wildman–Crippen LogP) is 4.69. The number of hydrogen-bond donors (Lipinski definition) is 2. The monoisotopic (exact) mass is 392 g/mol. The second kappa shape index (κ2) is 7.86. The smallest absolute Gasteiger partial charge is 0.337 e. The molecule has 4 rings (SSSR count). The predicted molar refractivity (Wildman–Crippen MR) is 112 cm³/mol. The summed E-state index contributed by atoms with van der Waals surface area (Å²) in [4.78, 5) is 26.8. The molecule has 0 radical (unpaired) electrons. The topological polar surface area (TPSA) is 69.6 Å². The molecule has 1 aliphatic heterocycles. The second-order valence-corrected chi connectivity index (χ2v) is 7.76. The van der Waals surface area contributed by atoms with E-state index in [1.54, 1.807) is 24.3 Å². The quantitative estimate of drug-likeness (QED) is 0.661. The zero-order valence-corrected chi connectivity index (χ0v) is 16.0. The number of carbonyl (C=O) groups excluding carboxylic acids is 1. The number of rotatable bonds is 5. The van der Waals surface area contributed by atoms with Gasteiger partial charge in [-0.15, -0.1) is 11.3 Å². The van der Waals surface area contributed by atoms with E-state index in [9.17, 15) is 14.7 Å². The van der Waals surface area contributed by atoms with Gasteiger partial charge in [-0.1, -0.05) is 36.4 Å². The lowest BCUT2D eigenvalue weighted by Crippen LogP contribution is -2.22. The van der Waals surface area contributed by atoms with Crippen LogP contribution in [0.2, 0.25) is 0 Å². The molecule has 1 saturated heterocycles. The molecule has 3 aromatic rings. The van der Waals surface area contributed by atoms with Crippen molar-refractivity contribution in [3.63, 3.8) is 0 Å². The molecule has 0 spiro atoms. The van der Waals surface area contributed by atoms with Crippen LogP contribution in [-0.2, 0) is 0 Å². The maximum absolute atomic E-state index is 12.2. The first kappa shape index (κ1) is 18.3. The maximum atomic E-state index is 12.2. The molecule has 0 bridgehead atoms. The molecule has 6 heteroatoms. The SMILES string of the molecule is O=C(Nc1ccc(N2CC[C@@H](c3ccccc3)C2)c(C(=O)O)c1)c1cccs1. The summed E-state index contributed by atoms with van der Waals surface area (Å²) in [6.45, 7) is 1.59. The fourth-order valence-corrected chi connectivity index (χ4v) is 4.26. The first-order valence-corrected chi connectivity index (χ1v) is 10.0. The number of carboxylic acids is 1. The molecule has 1 aromatic heterocycles. The van der Waals surface area contributed by atoms with Gasteiger partial charge in [0, 0.05) is 24.7 Å². The molecular formula is C22H20N2O3S. The van der Waals surface area contributed by atoms with E-state index >= 15 is 0 Å². The molecule has 0 aliphatic carbocycles. The van der Waals surface area contributed by atoms with Crippen molar-refractivity contribution in [2.24, 2.45) is 0 Å². The van der Waals surface area contributed by atoms with Gasteiger partial charge in [-0.05, 0) is 41.6 Å². The number of amides is 1. The Morgan fingerprint density at radius 1 is 1.07 bits per heavy atom. The van der Waals surface area contributed by atoms with Crippen LogP contribution in [0.15, 0.2) is 66.0 Å². The van der Waals surface area contributed by atoms with Crippen LogP contribution < -0.4 is 10.2 Å². The van der Waals surface area contributed by atoms with Gasteiger partial charge in [0.1, 0.15) is 0 Å². The van der Waals surface area contributed by atoms with Gasteiger partial charge < -0.3 is 15.3 Å². The Hall–Kier alpha value is -3.12. The van der Waals surface area contributed by atoms with Crippen molar-refractivity contribution in [3.8, 4) is 0 Å². The molecule has 1 amide bonds. The third kappa shape index (κ3) is 3.77. The lowest BCUT2D eigenvalue weighted by atomic mass is 9.99. The Labute approximate surface area is 167 Å². The summed E-state index contributed by atoms with van der Waals surface area (Å²) < 4.78 is 0. The van der Waals surface area contributed by atoms with E-state index in [0.29, 0.717) is 22.2 Å².